The Labute approximate surface area is 125 Å². The van der Waals surface area contributed by atoms with Crippen LogP contribution in [-0.2, 0) is 0 Å². The highest BCUT2D eigenvalue weighted by molar-refractivity contribution is 6.36. The van der Waals surface area contributed by atoms with Gasteiger partial charge in [0.05, 0.1) is 0 Å². The Balaban J connectivity index is 2.20. The minimum atomic E-state index is 0.117. The van der Waals surface area contributed by atoms with E-state index >= 15 is 0 Å². The van der Waals surface area contributed by atoms with Crippen LogP contribution in [0.3, 0.4) is 0 Å². The van der Waals surface area contributed by atoms with E-state index in [2.05, 4.69) is 11.8 Å². The topological polar surface area (TPSA) is 29.3 Å². The maximum absolute atomic E-state index is 6.32. The van der Waals surface area contributed by atoms with E-state index in [4.69, 9.17) is 28.9 Å². The van der Waals surface area contributed by atoms with Crippen LogP contribution in [0.1, 0.15) is 37.8 Å². The lowest BCUT2D eigenvalue weighted by Crippen LogP contribution is -2.39. The van der Waals surface area contributed by atoms with Crippen molar-refractivity contribution in [3.8, 4) is 0 Å². The monoisotopic (exact) mass is 300 g/mol. The maximum atomic E-state index is 6.32. The van der Waals surface area contributed by atoms with Crippen molar-refractivity contribution in [3.05, 3.63) is 33.8 Å². The van der Waals surface area contributed by atoms with E-state index in [-0.39, 0.29) is 6.04 Å². The normalized spacial score (nSPS) is 17.5. The molecule has 106 valence electrons. The van der Waals surface area contributed by atoms with Crippen LogP contribution in [0.15, 0.2) is 18.2 Å². The minimum Gasteiger partial charge on any atom is -0.329 e. The summed E-state index contributed by atoms with van der Waals surface area (Å²) in [5, 5.41) is 1.44. The number of likely N-dealkylation sites (N-methyl/N-ethyl adjacent to an activating group) is 1. The van der Waals surface area contributed by atoms with Gasteiger partial charge in [-0.1, -0.05) is 42.6 Å². The van der Waals surface area contributed by atoms with Gasteiger partial charge >= 0.3 is 0 Å². The molecular formula is C15H22Cl2N2. The second-order valence-electron chi connectivity index (χ2n) is 5.27. The largest absolute Gasteiger partial charge is 0.329 e. The van der Waals surface area contributed by atoms with E-state index in [1.807, 2.05) is 18.2 Å². The summed E-state index contributed by atoms with van der Waals surface area (Å²) in [4.78, 5) is 2.41. The molecule has 4 heteroatoms. The van der Waals surface area contributed by atoms with Gasteiger partial charge in [0.25, 0.3) is 0 Å². The number of nitrogens with zero attached hydrogens (tertiary/aromatic N) is 1. The third kappa shape index (κ3) is 3.43. The van der Waals surface area contributed by atoms with Crippen LogP contribution < -0.4 is 5.73 Å². The maximum Gasteiger partial charge on any atom is 0.0500 e. The van der Waals surface area contributed by atoms with Gasteiger partial charge in [0.2, 0.25) is 0 Å². The Morgan fingerprint density at radius 1 is 1.32 bits per heavy atom. The smallest absolute Gasteiger partial charge is 0.0500 e. The van der Waals surface area contributed by atoms with Crippen molar-refractivity contribution in [1.29, 1.82) is 0 Å². The molecule has 0 aromatic heterocycles. The van der Waals surface area contributed by atoms with Gasteiger partial charge in [-0.25, -0.2) is 0 Å². The fourth-order valence-electron chi connectivity index (χ4n) is 2.76. The van der Waals surface area contributed by atoms with Crippen LogP contribution in [0.5, 0.6) is 0 Å². The number of halogens is 2. The summed E-state index contributed by atoms with van der Waals surface area (Å²) < 4.78 is 0. The molecule has 0 bridgehead atoms. The Bertz CT molecular complexity index is 398. The fourth-order valence-corrected chi connectivity index (χ4v) is 3.41. The predicted molar refractivity (Wildman–Crippen MR) is 82.8 cm³/mol. The number of hydrogen-bond donors (Lipinski definition) is 1. The van der Waals surface area contributed by atoms with Gasteiger partial charge in [-0.2, -0.15) is 0 Å². The molecule has 1 fully saturated rings. The van der Waals surface area contributed by atoms with Gasteiger partial charge in [-0.15, -0.1) is 0 Å². The average molecular weight is 301 g/mol. The highest BCUT2D eigenvalue weighted by Crippen LogP contribution is 2.35. The Kier molecular flexibility index (Phi) is 5.52. The van der Waals surface area contributed by atoms with Crippen molar-refractivity contribution in [2.24, 2.45) is 11.7 Å². The van der Waals surface area contributed by atoms with Gasteiger partial charge in [0, 0.05) is 34.7 Å². The number of rotatable bonds is 6. The first-order chi connectivity index (χ1) is 9.17. The van der Waals surface area contributed by atoms with Crippen LogP contribution in [0.25, 0.3) is 0 Å². The zero-order valence-electron chi connectivity index (χ0n) is 11.4. The quantitative estimate of drug-likeness (QED) is 0.856. The lowest BCUT2D eigenvalue weighted by molar-refractivity contribution is 0.141. The molecule has 0 saturated heterocycles. The van der Waals surface area contributed by atoms with Crippen molar-refractivity contribution in [1.82, 2.24) is 4.90 Å². The standard InChI is InChI=1S/C15H22Cl2N2/c1-2-19(10-11-5-3-6-11)14(9-18)15-12(16)7-4-8-13(15)17/h4,7-8,11,14H,2-3,5-6,9-10,18H2,1H3. The second kappa shape index (κ2) is 6.94. The molecule has 1 aliphatic rings. The Hall–Kier alpha value is -0.280. The molecule has 2 N–H and O–H groups in total. The summed E-state index contributed by atoms with van der Waals surface area (Å²) in [5.74, 6) is 0.815. The highest BCUT2D eigenvalue weighted by atomic mass is 35.5. The molecule has 1 aliphatic carbocycles. The van der Waals surface area contributed by atoms with Crippen molar-refractivity contribution in [2.75, 3.05) is 19.6 Å². The minimum absolute atomic E-state index is 0.117. The lowest BCUT2D eigenvalue weighted by Gasteiger charge is -2.37. The van der Waals surface area contributed by atoms with E-state index < -0.39 is 0 Å². The number of hydrogen-bond acceptors (Lipinski definition) is 2. The van der Waals surface area contributed by atoms with Crippen molar-refractivity contribution in [2.45, 2.75) is 32.2 Å². The number of nitrogens with two attached hydrogens (primary N) is 1. The third-order valence-corrected chi connectivity index (χ3v) is 4.78. The molecule has 1 saturated carbocycles. The summed E-state index contributed by atoms with van der Waals surface area (Å²) >= 11 is 12.6. The summed E-state index contributed by atoms with van der Waals surface area (Å²) in [7, 11) is 0. The SMILES string of the molecule is CCN(CC1CCC1)C(CN)c1c(Cl)cccc1Cl. The molecule has 0 amide bonds. The number of benzene rings is 1. The van der Waals surface area contributed by atoms with Crippen LogP contribution in [0, 0.1) is 5.92 Å². The van der Waals surface area contributed by atoms with Crippen molar-refractivity contribution in [3.63, 3.8) is 0 Å². The molecule has 0 radical (unpaired) electrons. The predicted octanol–water partition coefficient (Wildman–Crippen LogP) is 4.12. The van der Waals surface area contributed by atoms with Crippen molar-refractivity contribution >= 4 is 23.2 Å². The molecule has 2 rings (SSSR count). The van der Waals surface area contributed by atoms with Crippen LogP contribution in [-0.4, -0.2) is 24.5 Å². The third-order valence-electron chi connectivity index (χ3n) is 4.12. The van der Waals surface area contributed by atoms with Gasteiger partial charge in [0.1, 0.15) is 0 Å². The van der Waals surface area contributed by atoms with Gasteiger partial charge in [-0.3, -0.25) is 4.90 Å². The molecule has 1 aromatic rings. The summed E-state index contributed by atoms with van der Waals surface area (Å²) in [6, 6.07) is 5.78. The lowest BCUT2D eigenvalue weighted by atomic mass is 9.84. The van der Waals surface area contributed by atoms with E-state index in [1.54, 1.807) is 0 Å². The van der Waals surface area contributed by atoms with E-state index in [0.717, 1.165) is 34.6 Å². The fraction of sp³-hybridized carbons (Fsp3) is 0.600. The average Bonchev–Trinajstić information content (AvgIpc) is 2.34. The highest BCUT2D eigenvalue weighted by Gasteiger charge is 2.27. The van der Waals surface area contributed by atoms with E-state index in [9.17, 15) is 0 Å². The van der Waals surface area contributed by atoms with Crippen LogP contribution >= 0.6 is 23.2 Å². The zero-order chi connectivity index (χ0) is 13.8. The molecule has 1 unspecified atom stereocenters. The molecule has 1 aromatic carbocycles. The summed E-state index contributed by atoms with van der Waals surface area (Å²) in [6.07, 6.45) is 4.04. The first-order valence-electron chi connectivity index (χ1n) is 7.05. The van der Waals surface area contributed by atoms with Gasteiger partial charge in [0.15, 0.2) is 0 Å². The molecule has 0 aliphatic heterocycles. The summed E-state index contributed by atoms with van der Waals surface area (Å²) in [6.45, 7) is 4.79. The second-order valence-corrected chi connectivity index (χ2v) is 6.09. The van der Waals surface area contributed by atoms with Gasteiger partial charge < -0.3 is 5.73 Å². The van der Waals surface area contributed by atoms with Crippen molar-refractivity contribution < 1.29 is 0 Å². The zero-order valence-corrected chi connectivity index (χ0v) is 12.9. The first kappa shape index (κ1) is 15.1. The van der Waals surface area contributed by atoms with E-state index in [1.165, 1.54) is 19.3 Å². The molecule has 2 nitrogen and oxygen atoms in total. The first-order valence-corrected chi connectivity index (χ1v) is 7.81. The van der Waals surface area contributed by atoms with E-state index in [0.29, 0.717) is 6.54 Å². The molecule has 0 spiro atoms. The molecule has 1 atom stereocenters. The summed E-state index contributed by atoms with van der Waals surface area (Å²) in [5.41, 5.74) is 6.98. The molecule has 0 heterocycles. The Morgan fingerprint density at radius 3 is 2.37 bits per heavy atom. The Morgan fingerprint density at radius 2 is 1.95 bits per heavy atom. The van der Waals surface area contributed by atoms with Gasteiger partial charge in [-0.05, 0) is 37.4 Å². The van der Waals surface area contributed by atoms with Crippen LogP contribution in [0.4, 0.5) is 0 Å². The molecular weight excluding hydrogens is 279 g/mol. The molecule has 19 heavy (non-hydrogen) atoms. The van der Waals surface area contributed by atoms with Crippen LogP contribution in [0.2, 0.25) is 10.0 Å².